The van der Waals surface area contributed by atoms with Crippen molar-refractivity contribution >= 4 is 27.7 Å². The first-order valence-corrected chi connectivity index (χ1v) is 9.26. The van der Waals surface area contributed by atoms with Crippen molar-refractivity contribution in [3.8, 4) is 5.75 Å². The largest absolute Gasteiger partial charge is 0.496 e. The van der Waals surface area contributed by atoms with Crippen LogP contribution in [0.4, 0.5) is 0 Å². The van der Waals surface area contributed by atoms with Crippen molar-refractivity contribution in [1.29, 1.82) is 0 Å². The highest BCUT2D eigenvalue weighted by molar-refractivity contribution is 9.10. The number of carbonyl (C=O) groups is 2. The number of benzene rings is 1. The summed E-state index contributed by atoms with van der Waals surface area (Å²) >= 11 is 3.49. The minimum atomic E-state index is -0.292. The molecule has 2 rings (SSSR count). The molecule has 138 valence electrons. The quantitative estimate of drug-likeness (QED) is 0.806. The third kappa shape index (κ3) is 4.95. The first kappa shape index (κ1) is 19.7. The molecule has 6 nitrogen and oxygen atoms in total. The summed E-state index contributed by atoms with van der Waals surface area (Å²) in [6.45, 7) is 7.88. The van der Waals surface area contributed by atoms with E-state index >= 15 is 0 Å². The Morgan fingerprint density at radius 1 is 1.16 bits per heavy atom. The molecule has 2 atom stereocenters. The topological polar surface area (TPSA) is 61.9 Å². The summed E-state index contributed by atoms with van der Waals surface area (Å²) in [5.41, 5.74) is 1.08. The van der Waals surface area contributed by atoms with E-state index in [1.54, 1.807) is 18.9 Å². The minimum Gasteiger partial charge on any atom is -0.496 e. The van der Waals surface area contributed by atoms with Gasteiger partial charge in [0.15, 0.2) is 0 Å². The van der Waals surface area contributed by atoms with Crippen LogP contribution in [0.5, 0.6) is 5.75 Å². The van der Waals surface area contributed by atoms with Gasteiger partial charge in [0.2, 0.25) is 11.8 Å². The highest BCUT2D eigenvalue weighted by Gasteiger charge is 2.26. The molecule has 2 unspecified atom stereocenters. The van der Waals surface area contributed by atoms with Gasteiger partial charge in [-0.25, -0.2) is 0 Å². The molecule has 1 fully saturated rings. The molecule has 0 spiro atoms. The third-order valence-electron chi connectivity index (χ3n) is 4.58. The van der Waals surface area contributed by atoms with Crippen LogP contribution in [-0.4, -0.2) is 60.9 Å². The predicted octanol–water partition coefficient (Wildman–Crippen LogP) is 2.19. The van der Waals surface area contributed by atoms with E-state index in [-0.39, 0.29) is 23.9 Å². The minimum absolute atomic E-state index is 0.0275. The predicted molar refractivity (Wildman–Crippen MR) is 101 cm³/mol. The number of methoxy groups -OCH3 is 1. The lowest BCUT2D eigenvalue weighted by Gasteiger charge is -2.36. The molecule has 0 aromatic heterocycles. The zero-order chi connectivity index (χ0) is 18.6. The van der Waals surface area contributed by atoms with Crippen LogP contribution < -0.4 is 10.1 Å². The summed E-state index contributed by atoms with van der Waals surface area (Å²) in [5.74, 6) is 0.919. The molecule has 1 N–H and O–H groups in total. The average molecular weight is 412 g/mol. The SMILES string of the molecule is COc1ccc(C(C)NC(C)C(=O)N2CCN(C(C)=O)CC2)cc1Br. The molecule has 0 bridgehead atoms. The monoisotopic (exact) mass is 411 g/mol. The average Bonchev–Trinajstić information content (AvgIpc) is 2.60. The number of hydrogen-bond acceptors (Lipinski definition) is 4. The Bertz CT molecular complexity index is 630. The van der Waals surface area contributed by atoms with Gasteiger partial charge in [-0.05, 0) is 47.5 Å². The fourth-order valence-electron chi connectivity index (χ4n) is 3.01. The maximum atomic E-state index is 12.6. The van der Waals surface area contributed by atoms with E-state index in [9.17, 15) is 9.59 Å². The summed E-state index contributed by atoms with van der Waals surface area (Å²) in [6.07, 6.45) is 0. The Labute approximate surface area is 157 Å². The van der Waals surface area contributed by atoms with Crippen LogP contribution >= 0.6 is 15.9 Å². The highest BCUT2D eigenvalue weighted by Crippen LogP contribution is 2.28. The second kappa shape index (κ2) is 8.67. The molecular weight excluding hydrogens is 386 g/mol. The summed E-state index contributed by atoms with van der Waals surface area (Å²) < 4.78 is 6.14. The van der Waals surface area contributed by atoms with E-state index in [1.165, 1.54) is 0 Å². The molecule has 0 radical (unpaired) electrons. The van der Waals surface area contributed by atoms with Crippen LogP contribution in [0.3, 0.4) is 0 Å². The number of nitrogens with one attached hydrogen (secondary N) is 1. The summed E-state index contributed by atoms with van der Waals surface area (Å²) in [7, 11) is 1.63. The van der Waals surface area contributed by atoms with Crippen LogP contribution in [0.1, 0.15) is 32.4 Å². The second-order valence-electron chi connectivity index (χ2n) is 6.34. The van der Waals surface area contributed by atoms with Crippen LogP contribution in [-0.2, 0) is 9.59 Å². The van der Waals surface area contributed by atoms with Crippen molar-refractivity contribution in [2.45, 2.75) is 32.9 Å². The number of nitrogens with zero attached hydrogens (tertiary/aromatic N) is 2. The fourth-order valence-corrected chi connectivity index (χ4v) is 3.57. The van der Waals surface area contributed by atoms with Gasteiger partial charge in [-0.1, -0.05) is 6.07 Å². The lowest BCUT2D eigenvalue weighted by atomic mass is 10.1. The summed E-state index contributed by atoms with van der Waals surface area (Å²) in [4.78, 5) is 27.6. The van der Waals surface area contributed by atoms with Crippen LogP contribution in [0.25, 0.3) is 0 Å². The first-order chi connectivity index (χ1) is 11.8. The number of rotatable bonds is 5. The summed E-state index contributed by atoms with van der Waals surface area (Å²) in [5, 5.41) is 3.36. The number of halogens is 1. The smallest absolute Gasteiger partial charge is 0.239 e. The van der Waals surface area contributed by atoms with E-state index in [1.807, 2.05) is 36.9 Å². The Morgan fingerprint density at radius 3 is 2.28 bits per heavy atom. The van der Waals surface area contributed by atoms with Crippen molar-refractivity contribution in [2.75, 3.05) is 33.3 Å². The first-order valence-electron chi connectivity index (χ1n) is 8.47. The van der Waals surface area contributed by atoms with Crippen molar-refractivity contribution in [1.82, 2.24) is 15.1 Å². The lowest BCUT2D eigenvalue weighted by Crippen LogP contribution is -2.54. The van der Waals surface area contributed by atoms with E-state index in [2.05, 4.69) is 21.2 Å². The highest BCUT2D eigenvalue weighted by atomic mass is 79.9. The van der Waals surface area contributed by atoms with Gasteiger partial charge in [0.25, 0.3) is 0 Å². The van der Waals surface area contributed by atoms with Crippen molar-refractivity contribution in [3.63, 3.8) is 0 Å². The van der Waals surface area contributed by atoms with Gasteiger partial charge >= 0.3 is 0 Å². The molecule has 0 saturated carbocycles. The second-order valence-corrected chi connectivity index (χ2v) is 7.19. The van der Waals surface area contributed by atoms with E-state index < -0.39 is 0 Å². The Morgan fingerprint density at radius 2 is 1.76 bits per heavy atom. The molecule has 1 aliphatic rings. The molecule has 1 heterocycles. The normalized spacial score (nSPS) is 17.2. The van der Waals surface area contributed by atoms with Gasteiger partial charge in [-0.15, -0.1) is 0 Å². The molecule has 1 aromatic carbocycles. The molecule has 0 aliphatic carbocycles. The van der Waals surface area contributed by atoms with Gasteiger partial charge in [0, 0.05) is 39.1 Å². The Hall–Kier alpha value is -1.60. The van der Waals surface area contributed by atoms with Crippen molar-refractivity contribution < 1.29 is 14.3 Å². The molecule has 7 heteroatoms. The number of hydrogen-bond donors (Lipinski definition) is 1. The van der Waals surface area contributed by atoms with Gasteiger partial charge in [0.05, 0.1) is 17.6 Å². The van der Waals surface area contributed by atoms with E-state index in [0.717, 1.165) is 15.8 Å². The Balaban J connectivity index is 1.92. The van der Waals surface area contributed by atoms with E-state index in [4.69, 9.17) is 4.74 Å². The van der Waals surface area contributed by atoms with Crippen LogP contribution in [0, 0.1) is 0 Å². The molecule has 1 aliphatic heterocycles. The van der Waals surface area contributed by atoms with E-state index in [0.29, 0.717) is 26.2 Å². The molecule has 1 saturated heterocycles. The Kier molecular flexibility index (Phi) is 6.84. The van der Waals surface area contributed by atoms with Crippen molar-refractivity contribution in [2.24, 2.45) is 0 Å². The van der Waals surface area contributed by atoms with Gasteiger partial charge in [-0.3, -0.25) is 14.9 Å². The maximum absolute atomic E-state index is 12.6. The molecule has 2 amide bonds. The zero-order valence-electron chi connectivity index (χ0n) is 15.2. The standard InChI is InChI=1S/C18H26BrN3O3/c1-12(15-5-6-17(25-4)16(19)11-15)20-13(2)18(24)22-9-7-21(8-10-22)14(3)23/h5-6,11-13,20H,7-10H2,1-4H3. The number of ether oxygens (including phenoxy) is 1. The van der Waals surface area contributed by atoms with Crippen LogP contribution in [0.15, 0.2) is 22.7 Å². The maximum Gasteiger partial charge on any atom is 0.239 e. The molecule has 25 heavy (non-hydrogen) atoms. The molecule has 1 aromatic rings. The third-order valence-corrected chi connectivity index (χ3v) is 5.20. The van der Waals surface area contributed by atoms with Gasteiger partial charge in [0.1, 0.15) is 5.75 Å². The molecular formula is C18H26BrN3O3. The fraction of sp³-hybridized carbons (Fsp3) is 0.556. The number of amides is 2. The summed E-state index contributed by atoms with van der Waals surface area (Å²) in [6, 6.07) is 5.63. The van der Waals surface area contributed by atoms with Crippen molar-refractivity contribution in [3.05, 3.63) is 28.2 Å². The van der Waals surface area contributed by atoms with Crippen LogP contribution in [0.2, 0.25) is 0 Å². The zero-order valence-corrected chi connectivity index (χ0v) is 16.8. The van der Waals surface area contributed by atoms with Gasteiger partial charge < -0.3 is 14.5 Å². The lowest BCUT2D eigenvalue weighted by molar-refractivity contribution is -0.139. The number of carbonyl (C=O) groups excluding carboxylic acids is 2. The number of piperazine rings is 1. The van der Waals surface area contributed by atoms with Gasteiger partial charge in [-0.2, -0.15) is 0 Å².